The maximum absolute atomic E-state index is 13.1. The molecule has 3 amide bonds. The van der Waals surface area contributed by atoms with Gasteiger partial charge in [-0.3, -0.25) is 9.89 Å². The third kappa shape index (κ3) is 5.23. The maximum atomic E-state index is 13.1. The molecule has 2 atom stereocenters. The van der Waals surface area contributed by atoms with E-state index < -0.39 is 0 Å². The van der Waals surface area contributed by atoms with Gasteiger partial charge >= 0.3 is 6.03 Å². The van der Waals surface area contributed by atoms with E-state index in [1.807, 2.05) is 54.6 Å². The molecule has 1 aliphatic rings. The molecule has 0 radical (unpaired) electrons. The van der Waals surface area contributed by atoms with Crippen LogP contribution in [0.5, 0.6) is 0 Å². The van der Waals surface area contributed by atoms with Gasteiger partial charge in [0.1, 0.15) is 0 Å². The normalized spacial score (nSPS) is 16.9. The summed E-state index contributed by atoms with van der Waals surface area (Å²) in [5.41, 5.74) is 3.00. The number of anilines is 2. The SMILES string of the molecule is CN1CCCC[C@@H]1[C@H](NC(=O)Nc1ccc2[nH]nc(NC(=O)c3ccccc3)c2c1)c1ccccc1. The van der Waals surface area contributed by atoms with Crippen molar-refractivity contribution in [1.82, 2.24) is 20.4 Å². The lowest BCUT2D eigenvalue weighted by atomic mass is 9.91. The Morgan fingerprint density at radius 3 is 2.47 bits per heavy atom. The number of nitrogens with zero attached hydrogens (tertiary/aromatic N) is 2. The summed E-state index contributed by atoms with van der Waals surface area (Å²) in [5, 5.41) is 16.9. The van der Waals surface area contributed by atoms with Crippen molar-refractivity contribution in [3.8, 4) is 0 Å². The van der Waals surface area contributed by atoms with E-state index in [2.05, 4.69) is 50.2 Å². The van der Waals surface area contributed by atoms with Crippen LogP contribution in [-0.2, 0) is 0 Å². The highest BCUT2D eigenvalue weighted by Gasteiger charge is 2.30. The molecule has 3 aromatic carbocycles. The molecule has 1 aliphatic heterocycles. The van der Waals surface area contributed by atoms with Gasteiger partial charge in [0.05, 0.1) is 11.6 Å². The van der Waals surface area contributed by atoms with Crippen molar-refractivity contribution in [2.24, 2.45) is 0 Å². The predicted molar refractivity (Wildman–Crippen MR) is 142 cm³/mol. The van der Waals surface area contributed by atoms with E-state index in [4.69, 9.17) is 0 Å². The fraction of sp³-hybridized carbons (Fsp3) is 0.250. The largest absolute Gasteiger partial charge is 0.329 e. The Bertz CT molecular complexity index is 1340. The zero-order valence-corrected chi connectivity index (χ0v) is 20.2. The lowest BCUT2D eigenvalue weighted by Crippen LogP contribution is -2.47. The molecule has 1 aromatic heterocycles. The number of hydrogen-bond acceptors (Lipinski definition) is 4. The van der Waals surface area contributed by atoms with Crippen LogP contribution in [0.1, 0.15) is 41.2 Å². The number of carbonyl (C=O) groups excluding carboxylic acids is 2. The molecule has 184 valence electrons. The first-order chi connectivity index (χ1) is 17.6. The molecule has 0 bridgehead atoms. The van der Waals surface area contributed by atoms with Crippen LogP contribution in [0.15, 0.2) is 78.9 Å². The van der Waals surface area contributed by atoms with Crippen LogP contribution >= 0.6 is 0 Å². The molecule has 36 heavy (non-hydrogen) atoms. The molecule has 0 aliphatic carbocycles. The maximum Gasteiger partial charge on any atom is 0.319 e. The number of hydrogen-bond donors (Lipinski definition) is 4. The van der Waals surface area contributed by atoms with E-state index in [0.717, 1.165) is 30.5 Å². The van der Waals surface area contributed by atoms with Crippen molar-refractivity contribution >= 4 is 34.3 Å². The Morgan fingerprint density at radius 1 is 0.972 bits per heavy atom. The fourth-order valence-corrected chi connectivity index (χ4v) is 4.85. The average molecular weight is 483 g/mol. The van der Waals surface area contributed by atoms with E-state index in [9.17, 15) is 9.59 Å². The van der Waals surface area contributed by atoms with E-state index in [0.29, 0.717) is 22.5 Å². The van der Waals surface area contributed by atoms with Crippen LogP contribution < -0.4 is 16.0 Å². The molecule has 0 spiro atoms. The number of fused-ring (bicyclic) bond motifs is 1. The minimum Gasteiger partial charge on any atom is -0.329 e. The second-order valence-electron chi connectivity index (χ2n) is 9.18. The highest BCUT2D eigenvalue weighted by molar-refractivity contribution is 6.08. The number of aromatic amines is 1. The molecule has 1 saturated heterocycles. The third-order valence-electron chi connectivity index (χ3n) is 6.75. The molecule has 1 fully saturated rings. The Balaban J connectivity index is 1.33. The van der Waals surface area contributed by atoms with Gasteiger partial charge in [-0.15, -0.1) is 0 Å². The molecule has 5 rings (SSSR count). The number of benzene rings is 3. The summed E-state index contributed by atoms with van der Waals surface area (Å²) in [5.74, 6) is 0.163. The fourth-order valence-electron chi connectivity index (χ4n) is 4.85. The topological polar surface area (TPSA) is 102 Å². The third-order valence-corrected chi connectivity index (χ3v) is 6.75. The molecular formula is C28H30N6O2. The van der Waals surface area contributed by atoms with Gasteiger partial charge in [0.15, 0.2) is 5.82 Å². The Hall–Kier alpha value is -4.17. The zero-order chi connectivity index (χ0) is 24.9. The minimum atomic E-state index is -0.277. The van der Waals surface area contributed by atoms with Gasteiger partial charge < -0.3 is 20.9 Å². The van der Waals surface area contributed by atoms with E-state index in [1.54, 1.807) is 12.1 Å². The lowest BCUT2D eigenvalue weighted by Gasteiger charge is -2.38. The smallest absolute Gasteiger partial charge is 0.319 e. The average Bonchev–Trinajstić information content (AvgIpc) is 3.30. The number of likely N-dealkylation sites (tertiary alicyclic amines) is 1. The second kappa shape index (κ2) is 10.6. The molecule has 0 unspecified atom stereocenters. The number of amides is 3. The quantitative estimate of drug-likeness (QED) is 0.305. The Morgan fingerprint density at radius 2 is 1.72 bits per heavy atom. The summed E-state index contributed by atoms with van der Waals surface area (Å²) in [6.45, 7) is 1.02. The predicted octanol–water partition coefficient (Wildman–Crippen LogP) is 5.16. The van der Waals surface area contributed by atoms with E-state index >= 15 is 0 Å². The first-order valence-corrected chi connectivity index (χ1v) is 12.3. The Labute approximate surface area is 210 Å². The number of nitrogens with one attached hydrogen (secondary N) is 4. The van der Waals surface area contributed by atoms with E-state index in [1.165, 1.54) is 6.42 Å². The van der Waals surface area contributed by atoms with Crippen LogP contribution in [0.2, 0.25) is 0 Å². The van der Waals surface area contributed by atoms with Crippen molar-refractivity contribution in [3.05, 3.63) is 90.0 Å². The van der Waals surface area contributed by atoms with Crippen molar-refractivity contribution in [2.45, 2.75) is 31.3 Å². The highest BCUT2D eigenvalue weighted by Crippen LogP contribution is 2.29. The summed E-state index contributed by atoms with van der Waals surface area (Å²) >= 11 is 0. The number of aromatic nitrogens is 2. The number of carbonyl (C=O) groups is 2. The van der Waals surface area contributed by atoms with Gasteiger partial charge in [-0.1, -0.05) is 55.0 Å². The monoisotopic (exact) mass is 482 g/mol. The molecule has 2 heterocycles. The van der Waals surface area contributed by atoms with Crippen LogP contribution in [0.4, 0.5) is 16.3 Å². The van der Waals surface area contributed by atoms with Gasteiger partial charge in [-0.25, -0.2) is 4.79 Å². The van der Waals surface area contributed by atoms with Gasteiger partial charge in [0.25, 0.3) is 5.91 Å². The van der Waals surface area contributed by atoms with Crippen LogP contribution in [-0.4, -0.2) is 46.7 Å². The standard InChI is InChI=1S/C28H30N6O2/c1-34-17-9-8-14-24(34)25(19-10-4-2-5-11-19)30-28(36)29-21-15-16-23-22(18-21)26(33-32-23)31-27(35)20-12-6-3-7-13-20/h2-7,10-13,15-16,18,24-25H,8-9,14,17H2,1H3,(H2,29,30,36)(H2,31,32,33,35)/t24-,25-/m1/s1. The van der Waals surface area contributed by atoms with Crippen LogP contribution in [0.3, 0.4) is 0 Å². The van der Waals surface area contributed by atoms with Crippen molar-refractivity contribution < 1.29 is 9.59 Å². The number of urea groups is 1. The van der Waals surface area contributed by atoms with Crippen molar-refractivity contribution in [1.29, 1.82) is 0 Å². The molecule has 8 nitrogen and oxygen atoms in total. The van der Waals surface area contributed by atoms with Crippen LogP contribution in [0.25, 0.3) is 10.9 Å². The Kier molecular flexibility index (Phi) is 6.95. The summed E-state index contributed by atoms with van der Waals surface area (Å²) in [4.78, 5) is 28.1. The first kappa shape index (κ1) is 23.6. The molecule has 8 heteroatoms. The van der Waals surface area contributed by atoms with Crippen molar-refractivity contribution in [2.75, 3.05) is 24.2 Å². The molecule has 4 N–H and O–H groups in total. The number of rotatable bonds is 6. The molecule has 4 aromatic rings. The van der Waals surface area contributed by atoms with Crippen molar-refractivity contribution in [3.63, 3.8) is 0 Å². The van der Waals surface area contributed by atoms with Gasteiger partial charge in [-0.2, -0.15) is 5.10 Å². The first-order valence-electron chi connectivity index (χ1n) is 12.3. The highest BCUT2D eigenvalue weighted by atomic mass is 16.2. The lowest BCUT2D eigenvalue weighted by molar-refractivity contribution is 0.102. The molecular weight excluding hydrogens is 452 g/mol. The van der Waals surface area contributed by atoms with Crippen LogP contribution in [0, 0.1) is 0 Å². The summed E-state index contributed by atoms with van der Waals surface area (Å²) in [7, 11) is 2.12. The van der Waals surface area contributed by atoms with Gasteiger partial charge in [0.2, 0.25) is 0 Å². The summed E-state index contributed by atoms with van der Waals surface area (Å²) in [6.07, 6.45) is 3.35. The number of piperidine rings is 1. The molecule has 0 saturated carbocycles. The summed E-state index contributed by atoms with van der Waals surface area (Å²) in [6, 6.07) is 24.4. The number of likely N-dealkylation sites (N-methyl/N-ethyl adjacent to an activating group) is 1. The summed E-state index contributed by atoms with van der Waals surface area (Å²) < 4.78 is 0. The minimum absolute atomic E-state index is 0.130. The van der Waals surface area contributed by atoms with E-state index in [-0.39, 0.29) is 24.0 Å². The number of H-pyrrole nitrogens is 1. The zero-order valence-electron chi connectivity index (χ0n) is 20.2. The second-order valence-corrected chi connectivity index (χ2v) is 9.18. The van der Waals surface area contributed by atoms with Gasteiger partial charge in [0, 0.05) is 22.7 Å². The van der Waals surface area contributed by atoms with Gasteiger partial charge in [-0.05, 0) is 62.3 Å².